The van der Waals surface area contributed by atoms with Gasteiger partial charge in [-0.3, -0.25) is 0 Å². The molecule has 0 fully saturated rings. The first-order valence-electron chi connectivity index (χ1n) is 6.12. The van der Waals surface area contributed by atoms with Crippen molar-refractivity contribution < 1.29 is 17.9 Å². The van der Waals surface area contributed by atoms with E-state index in [0.717, 1.165) is 11.6 Å². The van der Waals surface area contributed by atoms with Crippen molar-refractivity contribution in [2.75, 3.05) is 5.73 Å². The molecule has 0 aliphatic carbocycles. The molecule has 0 atom stereocenters. The van der Waals surface area contributed by atoms with E-state index in [-0.39, 0.29) is 18.0 Å². The summed E-state index contributed by atoms with van der Waals surface area (Å²) in [6.45, 7) is 1.82. The molecule has 2 nitrogen and oxygen atoms in total. The van der Waals surface area contributed by atoms with E-state index in [2.05, 4.69) is 0 Å². The van der Waals surface area contributed by atoms with Crippen molar-refractivity contribution in [1.29, 1.82) is 0 Å². The Hall–Kier alpha value is -1.88. The van der Waals surface area contributed by atoms with E-state index in [1.165, 1.54) is 12.1 Å². The molecule has 0 radical (unpaired) electrons. The Morgan fingerprint density at radius 2 is 1.86 bits per heavy atom. The number of halogens is 4. The molecule has 0 saturated carbocycles. The normalized spacial score (nSPS) is 11.5. The van der Waals surface area contributed by atoms with Crippen molar-refractivity contribution in [3.8, 4) is 5.75 Å². The van der Waals surface area contributed by atoms with Gasteiger partial charge in [-0.2, -0.15) is 13.2 Å². The minimum atomic E-state index is -4.53. The Labute approximate surface area is 125 Å². The van der Waals surface area contributed by atoms with Gasteiger partial charge in [-0.25, -0.2) is 0 Å². The van der Waals surface area contributed by atoms with Crippen molar-refractivity contribution in [3.63, 3.8) is 0 Å². The predicted molar refractivity (Wildman–Crippen MR) is 76.4 cm³/mol. The monoisotopic (exact) mass is 315 g/mol. The number of rotatable bonds is 3. The van der Waals surface area contributed by atoms with E-state index in [9.17, 15) is 13.2 Å². The molecule has 0 aliphatic rings. The molecule has 21 heavy (non-hydrogen) atoms. The minimum Gasteiger partial charge on any atom is -0.488 e. The van der Waals surface area contributed by atoms with Crippen LogP contribution in [0, 0.1) is 6.92 Å². The number of ether oxygens (including phenoxy) is 1. The van der Waals surface area contributed by atoms with Gasteiger partial charge in [0.15, 0.2) is 0 Å². The number of nitrogen functional groups attached to an aromatic ring is 1. The lowest BCUT2D eigenvalue weighted by atomic mass is 10.1. The van der Waals surface area contributed by atoms with Crippen LogP contribution >= 0.6 is 11.6 Å². The molecule has 2 rings (SSSR count). The zero-order chi connectivity index (χ0) is 15.6. The molecule has 0 bridgehead atoms. The fraction of sp³-hybridized carbons (Fsp3) is 0.200. The average Bonchev–Trinajstić information content (AvgIpc) is 2.38. The fourth-order valence-corrected chi connectivity index (χ4v) is 2.11. The topological polar surface area (TPSA) is 35.2 Å². The van der Waals surface area contributed by atoms with Crippen LogP contribution in [0.4, 0.5) is 18.9 Å². The molecule has 2 aromatic carbocycles. The van der Waals surface area contributed by atoms with E-state index in [1.54, 1.807) is 12.1 Å². The first kappa shape index (κ1) is 15.5. The standard InChI is InChI=1S/C15H13ClF3NO/c1-9-2-3-10(13(16)6-9)8-21-14-5-4-11(20)7-12(14)15(17,18)19/h2-7H,8,20H2,1H3. The van der Waals surface area contributed by atoms with Crippen LogP contribution < -0.4 is 10.5 Å². The number of anilines is 1. The van der Waals surface area contributed by atoms with Crippen molar-refractivity contribution >= 4 is 17.3 Å². The number of benzene rings is 2. The van der Waals surface area contributed by atoms with Crippen LogP contribution in [0.5, 0.6) is 5.75 Å². The van der Waals surface area contributed by atoms with Gasteiger partial charge in [-0.15, -0.1) is 0 Å². The molecule has 2 N–H and O–H groups in total. The van der Waals surface area contributed by atoms with Gasteiger partial charge >= 0.3 is 6.18 Å². The van der Waals surface area contributed by atoms with Crippen molar-refractivity contribution in [2.24, 2.45) is 0 Å². The molecule has 0 spiro atoms. The highest BCUT2D eigenvalue weighted by molar-refractivity contribution is 6.31. The number of hydrogen-bond donors (Lipinski definition) is 1. The van der Waals surface area contributed by atoms with Crippen molar-refractivity contribution in [3.05, 3.63) is 58.1 Å². The lowest BCUT2D eigenvalue weighted by molar-refractivity contribution is -0.139. The molecule has 0 saturated heterocycles. The maximum Gasteiger partial charge on any atom is 0.420 e. The van der Waals surface area contributed by atoms with Crippen LogP contribution in [-0.2, 0) is 12.8 Å². The number of nitrogens with two attached hydrogens (primary N) is 1. The number of alkyl halides is 3. The van der Waals surface area contributed by atoms with Gasteiger partial charge in [0.1, 0.15) is 12.4 Å². The van der Waals surface area contributed by atoms with Crippen LogP contribution in [0.25, 0.3) is 0 Å². The van der Waals surface area contributed by atoms with Crippen LogP contribution in [0.2, 0.25) is 5.02 Å². The first-order valence-corrected chi connectivity index (χ1v) is 6.49. The highest BCUT2D eigenvalue weighted by Gasteiger charge is 2.34. The zero-order valence-electron chi connectivity index (χ0n) is 11.2. The summed E-state index contributed by atoms with van der Waals surface area (Å²) in [5.41, 5.74) is 6.11. The van der Waals surface area contributed by atoms with Gasteiger partial charge in [0, 0.05) is 16.3 Å². The van der Waals surface area contributed by atoms with Crippen LogP contribution in [0.1, 0.15) is 16.7 Å². The van der Waals surface area contributed by atoms with Crippen LogP contribution in [0.3, 0.4) is 0 Å². The molecule has 0 aliphatic heterocycles. The van der Waals surface area contributed by atoms with Gasteiger partial charge in [0.25, 0.3) is 0 Å². The molecular formula is C15H13ClF3NO. The minimum absolute atomic E-state index is 0.0306. The summed E-state index contributed by atoms with van der Waals surface area (Å²) in [5, 5.41) is 0.457. The lowest BCUT2D eigenvalue weighted by Crippen LogP contribution is -2.09. The molecule has 6 heteroatoms. The summed E-state index contributed by atoms with van der Waals surface area (Å²) in [5.74, 6) is -0.270. The molecule has 0 unspecified atom stereocenters. The predicted octanol–water partition coefficient (Wildman–Crippen LogP) is 4.83. The third-order valence-electron chi connectivity index (χ3n) is 2.90. The van der Waals surface area contributed by atoms with Gasteiger partial charge < -0.3 is 10.5 Å². The Morgan fingerprint density at radius 3 is 2.48 bits per heavy atom. The van der Waals surface area contributed by atoms with Crippen LogP contribution in [-0.4, -0.2) is 0 Å². The molecule has 2 aromatic rings. The highest BCUT2D eigenvalue weighted by atomic mass is 35.5. The van der Waals surface area contributed by atoms with E-state index < -0.39 is 11.7 Å². The fourth-order valence-electron chi connectivity index (χ4n) is 1.82. The second-order valence-electron chi connectivity index (χ2n) is 4.64. The summed E-state index contributed by atoms with van der Waals surface area (Å²) in [7, 11) is 0. The van der Waals surface area contributed by atoms with Gasteiger partial charge in [-0.1, -0.05) is 23.7 Å². The van der Waals surface area contributed by atoms with E-state index in [4.69, 9.17) is 22.1 Å². The van der Waals surface area contributed by atoms with Gasteiger partial charge in [0.05, 0.1) is 5.56 Å². The SMILES string of the molecule is Cc1ccc(COc2ccc(N)cc2C(F)(F)F)c(Cl)c1. The Kier molecular flexibility index (Phi) is 4.32. The summed E-state index contributed by atoms with van der Waals surface area (Å²) >= 11 is 6.03. The summed E-state index contributed by atoms with van der Waals surface area (Å²) in [6, 6.07) is 8.70. The Balaban J connectivity index is 2.24. The molecule has 0 aromatic heterocycles. The number of hydrogen-bond acceptors (Lipinski definition) is 2. The maximum absolute atomic E-state index is 12.9. The molecular weight excluding hydrogens is 303 g/mol. The third kappa shape index (κ3) is 3.82. The molecule has 0 amide bonds. The van der Waals surface area contributed by atoms with Crippen molar-refractivity contribution in [1.82, 2.24) is 0 Å². The summed E-state index contributed by atoms with van der Waals surface area (Å²) in [6.07, 6.45) is -4.53. The Morgan fingerprint density at radius 1 is 1.14 bits per heavy atom. The quantitative estimate of drug-likeness (QED) is 0.823. The average molecular weight is 316 g/mol. The lowest BCUT2D eigenvalue weighted by Gasteiger charge is -2.15. The van der Waals surface area contributed by atoms with Gasteiger partial charge in [-0.05, 0) is 36.8 Å². The van der Waals surface area contributed by atoms with Crippen molar-refractivity contribution in [2.45, 2.75) is 19.7 Å². The second kappa shape index (κ2) is 5.85. The smallest absolute Gasteiger partial charge is 0.420 e. The second-order valence-corrected chi connectivity index (χ2v) is 5.04. The van der Waals surface area contributed by atoms with E-state index >= 15 is 0 Å². The van der Waals surface area contributed by atoms with E-state index in [0.29, 0.717) is 10.6 Å². The third-order valence-corrected chi connectivity index (χ3v) is 3.25. The maximum atomic E-state index is 12.9. The number of aryl methyl sites for hydroxylation is 1. The first-order chi connectivity index (χ1) is 9.77. The summed E-state index contributed by atoms with van der Waals surface area (Å²) in [4.78, 5) is 0. The van der Waals surface area contributed by atoms with Gasteiger partial charge in [0.2, 0.25) is 0 Å². The zero-order valence-corrected chi connectivity index (χ0v) is 11.9. The summed E-state index contributed by atoms with van der Waals surface area (Å²) < 4.78 is 44.0. The highest BCUT2D eigenvalue weighted by Crippen LogP contribution is 2.37. The van der Waals surface area contributed by atoms with Crippen LogP contribution in [0.15, 0.2) is 36.4 Å². The largest absolute Gasteiger partial charge is 0.488 e. The van der Waals surface area contributed by atoms with E-state index in [1.807, 2.05) is 13.0 Å². The Bertz CT molecular complexity index is 656. The molecule has 0 heterocycles. The molecule has 112 valence electrons.